The number of rotatable bonds is 4. The van der Waals surface area contributed by atoms with Gasteiger partial charge in [0, 0.05) is 17.0 Å². The fourth-order valence-electron chi connectivity index (χ4n) is 2.00. The number of H-pyrrole nitrogens is 1. The molecule has 3 aromatic rings. The van der Waals surface area contributed by atoms with E-state index in [1.807, 2.05) is 42.5 Å². The van der Waals surface area contributed by atoms with Gasteiger partial charge < -0.3 is 5.73 Å². The Bertz CT molecular complexity index is 833. The molecule has 0 bridgehead atoms. The predicted octanol–water partition coefficient (Wildman–Crippen LogP) is 2.71. The Hall–Kier alpha value is -2.60. The van der Waals surface area contributed by atoms with Crippen LogP contribution in [0.15, 0.2) is 64.5 Å². The van der Waals surface area contributed by atoms with Crippen molar-refractivity contribution in [2.24, 2.45) is 0 Å². The molecule has 5 nitrogen and oxygen atoms in total. The molecule has 3 rings (SSSR count). The summed E-state index contributed by atoms with van der Waals surface area (Å²) in [5, 5.41) is 8.59. The Kier molecular flexibility index (Phi) is 4.20. The van der Waals surface area contributed by atoms with Gasteiger partial charge in [0.05, 0.1) is 0 Å². The van der Waals surface area contributed by atoms with Crippen LogP contribution in [-0.2, 0) is 5.75 Å². The van der Waals surface area contributed by atoms with Gasteiger partial charge in [-0.15, -0.1) is 10.2 Å². The first-order chi connectivity index (χ1) is 10.7. The van der Waals surface area contributed by atoms with Crippen LogP contribution in [0, 0.1) is 0 Å². The molecule has 0 amide bonds. The number of hydrogen-bond acceptors (Lipinski definition) is 5. The second-order valence-corrected chi connectivity index (χ2v) is 5.63. The van der Waals surface area contributed by atoms with Gasteiger partial charge in [0.25, 0.3) is 5.56 Å². The molecule has 0 saturated carbocycles. The van der Waals surface area contributed by atoms with Crippen LogP contribution in [0.3, 0.4) is 0 Å². The number of nitrogens with one attached hydrogen (secondary N) is 1. The van der Waals surface area contributed by atoms with Crippen molar-refractivity contribution in [3.8, 4) is 11.3 Å². The average molecular weight is 310 g/mol. The molecule has 0 saturated heterocycles. The van der Waals surface area contributed by atoms with Crippen molar-refractivity contribution in [3.63, 3.8) is 0 Å². The molecular formula is C16H14N4OS. The molecule has 3 N–H and O–H groups in total. The van der Waals surface area contributed by atoms with Crippen LogP contribution < -0.4 is 11.3 Å². The summed E-state index contributed by atoms with van der Waals surface area (Å²) in [6, 6.07) is 17.1. The Balaban J connectivity index is 1.81. The molecule has 1 heterocycles. The topological polar surface area (TPSA) is 84.7 Å². The molecule has 22 heavy (non-hydrogen) atoms. The molecule has 0 radical (unpaired) electrons. The number of anilines is 1. The standard InChI is InChI=1S/C16H14N4OS/c17-13-9-5-4-8-12(13)14-15(21)18-16(20-19-14)22-10-11-6-2-1-3-7-11/h1-9H,10,17H2,(H,18,20,21). The van der Waals surface area contributed by atoms with Gasteiger partial charge in [0.15, 0.2) is 10.9 Å². The van der Waals surface area contributed by atoms with Crippen LogP contribution in [0.4, 0.5) is 5.69 Å². The second kappa shape index (κ2) is 6.44. The Morgan fingerprint density at radius 1 is 1.00 bits per heavy atom. The number of nitrogens with two attached hydrogens (primary N) is 1. The number of nitrogen functional groups attached to an aromatic ring is 1. The molecular weight excluding hydrogens is 296 g/mol. The average Bonchev–Trinajstić information content (AvgIpc) is 2.55. The lowest BCUT2D eigenvalue weighted by Crippen LogP contribution is -2.14. The Morgan fingerprint density at radius 3 is 2.45 bits per heavy atom. The van der Waals surface area contributed by atoms with Gasteiger partial charge in [-0.1, -0.05) is 60.3 Å². The molecule has 1 aromatic heterocycles. The van der Waals surface area contributed by atoms with E-state index in [2.05, 4.69) is 15.2 Å². The minimum Gasteiger partial charge on any atom is -0.398 e. The molecule has 0 atom stereocenters. The fraction of sp³-hybridized carbons (Fsp3) is 0.0625. The molecule has 0 aliphatic carbocycles. The maximum Gasteiger partial charge on any atom is 0.278 e. The highest BCUT2D eigenvalue weighted by Gasteiger charge is 2.10. The summed E-state index contributed by atoms with van der Waals surface area (Å²) in [5.41, 5.74) is 8.08. The van der Waals surface area contributed by atoms with Gasteiger partial charge in [-0.2, -0.15) is 0 Å². The van der Waals surface area contributed by atoms with Gasteiger partial charge in [-0.25, -0.2) is 0 Å². The van der Waals surface area contributed by atoms with Gasteiger partial charge in [0.1, 0.15) is 0 Å². The highest BCUT2D eigenvalue weighted by atomic mass is 32.2. The van der Waals surface area contributed by atoms with Crippen LogP contribution in [0.5, 0.6) is 0 Å². The van der Waals surface area contributed by atoms with E-state index in [0.29, 0.717) is 16.4 Å². The van der Waals surface area contributed by atoms with Crippen molar-refractivity contribution in [3.05, 3.63) is 70.5 Å². The van der Waals surface area contributed by atoms with E-state index < -0.39 is 0 Å². The molecule has 6 heteroatoms. The lowest BCUT2D eigenvalue weighted by molar-refractivity contribution is 0.824. The third-order valence-electron chi connectivity index (χ3n) is 3.11. The molecule has 0 aliphatic rings. The number of benzene rings is 2. The molecule has 0 unspecified atom stereocenters. The van der Waals surface area contributed by atoms with Gasteiger partial charge >= 0.3 is 0 Å². The van der Waals surface area contributed by atoms with E-state index >= 15 is 0 Å². The lowest BCUT2D eigenvalue weighted by Gasteiger charge is -2.04. The minimum atomic E-state index is -0.288. The monoisotopic (exact) mass is 310 g/mol. The van der Waals surface area contributed by atoms with Crippen LogP contribution in [0.25, 0.3) is 11.3 Å². The number of aromatic nitrogens is 3. The van der Waals surface area contributed by atoms with E-state index in [-0.39, 0.29) is 11.3 Å². The van der Waals surface area contributed by atoms with E-state index in [9.17, 15) is 4.79 Å². The largest absolute Gasteiger partial charge is 0.398 e. The minimum absolute atomic E-state index is 0.238. The Morgan fingerprint density at radius 2 is 1.73 bits per heavy atom. The second-order valence-electron chi connectivity index (χ2n) is 4.67. The third-order valence-corrected chi connectivity index (χ3v) is 4.05. The van der Waals surface area contributed by atoms with Crippen LogP contribution in [0.2, 0.25) is 0 Å². The molecule has 0 fully saturated rings. The van der Waals surface area contributed by atoms with E-state index in [1.54, 1.807) is 12.1 Å². The zero-order chi connectivity index (χ0) is 15.4. The molecule has 0 aliphatic heterocycles. The summed E-state index contributed by atoms with van der Waals surface area (Å²) in [6.07, 6.45) is 0. The first kappa shape index (κ1) is 14.3. The number of para-hydroxylation sites is 1. The van der Waals surface area contributed by atoms with Gasteiger partial charge in [0.2, 0.25) is 0 Å². The summed E-state index contributed by atoms with van der Waals surface area (Å²) in [4.78, 5) is 14.9. The van der Waals surface area contributed by atoms with Gasteiger partial charge in [-0.3, -0.25) is 9.78 Å². The normalized spacial score (nSPS) is 10.5. The Labute approximate surface area is 131 Å². The quantitative estimate of drug-likeness (QED) is 0.572. The van der Waals surface area contributed by atoms with E-state index in [1.165, 1.54) is 11.8 Å². The summed E-state index contributed by atoms with van der Waals surface area (Å²) in [6.45, 7) is 0. The van der Waals surface area contributed by atoms with Crippen molar-refractivity contribution in [1.29, 1.82) is 0 Å². The first-order valence-electron chi connectivity index (χ1n) is 6.72. The van der Waals surface area contributed by atoms with Gasteiger partial charge in [-0.05, 0) is 11.6 Å². The SMILES string of the molecule is Nc1ccccc1-c1nnc(SCc2ccccc2)[nH]c1=O. The van der Waals surface area contributed by atoms with Crippen LogP contribution in [-0.4, -0.2) is 15.2 Å². The highest BCUT2D eigenvalue weighted by Crippen LogP contribution is 2.21. The smallest absolute Gasteiger partial charge is 0.278 e. The zero-order valence-electron chi connectivity index (χ0n) is 11.7. The first-order valence-corrected chi connectivity index (χ1v) is 7.71. The van der Waals surface area contributed by atoms with Crippen molar-refractivity contribution >= 4 is 17.4 Å². The summed E-state index contributed by atoms with van der Waals surface area (Å²) in [7, 11) is 0. The predicted molar refractivity (Wildman–Crippen MR) is 88.5 cm³/mol. The van der Waals surface area contributed by atoms with Crippen molar-refractivity contribution < 1.29 is 0 Å². The van der Waals surface area contributed by atoms with Crippen molar-refractivity contribution in [2.75, 3.05) is 5.73 Å². The van der Waals surface area contributed by atoms with Crippen molar-refractivity contribution in [2.45, 2.75) is 10.9 Å². The maximum atomic E-state index is 12.2. The maximum absolute atomic E-state index is 12.2. The summed E-state index contributed by atoms with van der Waals surface area (Å²) < 4.78 is 0. The number of hydrogen-bond donors (Lipinski definition) is 2. The summed E-state index contributed by atoms with van der Waals surface area (Å²) in [5.74, 6) is 0.721. The lowest BCUT2D eigenvalue weighted by atomic mass is 10.1. The van der Waals surface area contributed by atoms with Crippen LogP contribution in [0.1, 0.15) is 5.56 Å². The molecule has 110 valence electrons. The number of aromatic amines is 1. The van der Waals surface area contributed by atoms with E-state index in [4.69, 9.17) is 5.73 Å². The van der Waals surface area contributed by atoms with E-state index in [0.717, 1.165) is 11.3 Å². The van der Waals surface area contributed by atoms with Crippen molar-refractivity contribution in [1.82, 2.24) is 15.2 Å². The number of nitrogens with zero attached hydrogens (tertiary/aromatic N) is 2. The number of thioether (sulfide) groups is 1. The third kappa shape index (κ3) is 3.17. The molecule has 0 spiro atoms. The summed E-state index contributed by atoms with van der Waals surface area (Å²) >= 11 is 1.44. The fourth-order valence-corrected chi connectivity index (χ4v) is 2.76. The zero-order valence-corrected chi connectivity index (χ0v) is 12.5. The molecule has 2 aromatic carbocycles. The highest BCUT2D eigenvalue weighted by molar-refractivity contribution is 7.98. The van der Waals surface area contributed by atoms with Crippen LogP contribution >= 0.6 is 11.8 Å².